The highest BCUT2D eigenvalue weighted by Crippen LogP contribution is 2.50. The van der Waals surface area contributed by atoms with Crippen LogP contribution in [0.5, 0.6) is 0 Å². The normalized spacial score (nSPS) is 23.5. The third kappa shape index (κ3) is 1.81. The number of hydrogen-bond acceptors (Lipinski definition) is 7. The quantitative estimate of drug-likeness (QED) is 0.823. The number of imidazole rings is 1. The summed E-state index contributed by atoms with van der Waals surface area (Å²) >= 11 is 1.88. The number of aromatic amines is 1. The molecule has 0 saturated carbocycles. The molecule has 0 radical (unpaired) electrons. The first-order valence-corrected chi connectivity index (χ1v) is 7.83. The second-order valence-corrected chi connectivity index (χ2v) is 6.94. The van der Waals surface area contributed by atoms with Gasteiger partial charge in [0, 0.05) is 13.1 Å². The van der Waals surface area contributed by atoms with Crippen LogP contribution in [0.4, 0.5) is 5.82 Å². The van der Waals surface area contributed by atoms with Gasteiger partial charge in [-0.1, -0.05) is 0 Å². The maximum absolute atomic E-state index is 11.9. The van der Waals surface area contributed by atoms with Crippen LogP contribution in [0.15, 0.2) is 12.7 Å². The van der Waals surface area contributed by atoms with Crippen LogP contribution in [0.2, 0.25) is 0 Å². The Kier molecular flexibility index (Phi) is 2.81. The third-order valence-electron chi connectivity index (χ3n) is 4.34. The molecule has 8 heteroatoms. The predicted molar refractivity (Wildman–Crippen MR) is 79.2 cm³/mol. The van der Waals surface area contributed by atoms with Gasteiger partial charge in [0.1, 0.15) is 11.8 Å². The minimum absolute atomic E-state index is 0.0113. The number of ether oxygens (including phenoxy) is 1. The van der Waals surface area contributed by atoms with Gasteiger partial charge in [0.05, 0.1) is 24.1 Å². The Labute approximate surface area is 125 Å². The smallest absolute Gasteiger partial charge is 0.310 e. The standard InChI is InChI=1S/C13H15N5O2S/c1-20-12(19)8-2-3-21-13(8)4-18(5-13)11-9-10(15-6-14-9)16-7-17-11/h6-8H,2-5H2,1H3,(H,14,15,16,17). The predicted octanol–water partition coefficient (Wildman–Crippen LogP) is 0.838. The van der Waals surface area contributed by atoms with Crippen LogP contribution >= 0.6 is 11.8 Å². The Morgan fingerprint density at radius 3 is 3.14 bits per heavy atom. The molecule has 7 nitrogen and oxygen atoms in total. The molecule has 0 aromatic carbocycles. The molecule has 1 atom stereocenters. The Balaban J connectivity index is 1.59. The lowest BCUT2D eigenvalue weighted by atomic mass is 9.83. The molecule has 21 heavy (non-hydrogen) atoms. The van der Waals surface area contributed by atoms with E-state index in [1.54, 1.807) is 6.33 Å². The summed E-state index contributed by atoms with van der Waals surface area (Å²) < 4.78 is 4.93. The molecule has 1 N–H and O–H groups in total. The van der Waals surface area contributed by atoms with Crippen LogP contribution in [0.25, 0.3) is 11.2 Å². The van der Waals surface area contributed by atoms with E-state index in [0.717, 1.165) is 36.6 Å². The van der Waals surface area contributed by atoms with Gasteiger partial charge in [-0.3, -0.25) is 4.79 Å². The van der Waals surface area contributed by atoms with Crippen LogP contribution in [-0.4, -0.2) is 56.6 Å². The summed E-state index contributed by atoms with van der Waals surface area (Å²) in [4.78, 5) is 29.8. The van der Waals surface area contributed by atoms with Crippen LogP contribution < -0.4 is 4.90 Å². The van der Waals surface area contributed by atoms with E-state index in [9.17, 15) is 4.79 Å². The van der Waals surface area contributed by atoms with Crippen molar-refractivity contribution in [2.24, 2.45) is 5.92 Å². The zero-order chi connectivity index (χ0) is 14.4. The fourth-order valence-corrected chi connectivity index (χ4v) is 4.94. The summed E-state index contributed by atoms with van der Waals surface area (Å²) in [5.41, 5.74) is 1.52. The largest absolute Gasteiger partial charge is 0.469 e. The topological polar surface area (TPSA) is 84.0 Å². The average Bonchev–Trinajstić information content (AvgIpc) is 3.10. The van der Waals surface area contributed by atoms with Gasteiger partial charge in [-0.2, -0.15) is 11.8 Å². The van der Waals surface area contributed by atoms with Crippen molar-refractivity contribution in [2.75, 3.05) is 30.9 Å². The van der Waals surface area contributed by atoms with Crippen molar-refractivity contribution in [3.8, 4) is 0 Å². The molecule has 2 saturated heterocycles. The summed E-state index contributed by atoms with van der Waals surface area (Å²) in [6, 6.07) is 0. The van der Waals surface area contributed by atoms with E-state index in [1.807, 2.05) is 11.8 Å². The van der Waals surface area contributed by atoms with Crippen LogP contribution in [0.3, 0.4) is 0 Å². The number of carbonyl (C=O) groups is 1. The van der Waals surface area contributed by atoms with Gasteiger partial charge in [-0.25, -0.2) is 15.0 Å². The van der Waals surface area contributed by atoms with Crippen LogP contribution in [0, 0.1) is 5.92 Å². The molecule has 0 bridgehead atoms. The van der Waals surface area contributed by atoms with Gasteiger partial charge < -0.3 is 14.6 Å². The molecule has 4 rings (SSSR count). The first-order chi connectivity index (χ1) is 10.2. The molecule has 1 spiro atoms. The summed E-state index contributed by atoms with van der Waals surface area (Å²) in [7, 11) is 1.47. The Hall–Kier alpha value is -1.83. The molecular formula is C13H15N5O2S. The lowest BCUT2D eigenvalue weighted by Crippen LogP contribution is -2.63. The van der Waals surface area contributed by atoms with E-state index in [4.69, 9.17) is 4.74 Å². The molecule has 2 fully saturated rings. The number of aromatic nitrogens is 4. The van der Waals surface area contributed by atoms with E-state index in [2.05, 4.69) is 24.8 Å². The van der Waals surface area contributed by atoms with E-state index in [-0.39, 0.29) is 16.6 Å². The number of thioether (sulfide) groups is 1. The van der Waals surface area contributed by atoms with E-state index in [0.29, 0.717) is 5.65 Å². The number of carbonyl (C=O) groups excluding carboxylic acids is 1. The number of H-pyrrole nitrogens is 1. The number of methoxy groups -OCH3 is 1. The molecule has 2 aromatic rings. The maximum Gasteiger partial charge on any atom is 0.310 e. The zero-order valence-electron chi connectivity index (χ0n) is 11.6. The Bertz CT molecular complexity index is 697. The van der Waals surface area contributed by atoms with Crippen LogP contribution in [-0.2, 0) is 9.53 Å². The van der Waals surface area contributed by atoms with Gasteiger partial charge in [-0.05, 0) is 12.2 Å². The molecule has 4 heterocycles. The van der Waals surface area contributed by atoms with Crippen LogP contribution in [0.1, 0.15) is 6.42 Å². The second kappa shape index (κ2) is 4.59. The maximum atomic E-state index is 11.9. The molecule has 110 valence electrons. The number of nitrogens with one attached hydrogen (secondary N) is 1. The van der Waals surface area contributed by atoms with E-state index >= 15 is 0 Å². The van der Waals surface area contributed by atoms with Gasteiger partial charge >= 0.3 is 5.97 Å². The molecule has 2 aliphatic rings. The van der Waals surface area contributed by atoms with Crippen molar-refractivity contribution in [3.05, 3.63) is 12.7 Å². The molecular weight excluding hydrogens is 290 g/mol. The fourth-order valence-electron chi connectivity index (χ4n) is 3.27. The van der Waals surface area contributed by atoms with Crippen molar-refractivity contribution < 1.29 is 9.53 Å². The minimum atomic E-state index is -0.0889. The van der Waals surface area contributed by atoms with Crippen molar-refractivity contribution in [1.29, 1.82) is 0 Å². The monoisotopic (exact) mass is 305 g/mol. The summed E-state index contributed by atoms with van der Waals surface area (Å²) in [5, 5.41) is 0. The first kappa shape index (κ1) is 12.9. The highest BCUT2D eigenvalue weighted by atomic mass is 32.2. The average molecular weight is 305 g/mol. The number of hydrogen-bond donors (Lipinski definition) is 1. The molecule has 0 aliphatic carbocycles. The van der Waals surface area contributed by atoms with Crippen molar-refractivity contribution in [3.63, 3.8) is 0 Å². The SMILES string of the molecule is COC(=O)C1CCSC12CN(c1ncnc3nc[nH]c13)C2. The molecule has 0 amide bonds. The third-order valence-corrected chi connectivity index (χ3v) is 5.89. The number of anilines is 1. The minimum Gasteiger partial charge on any atom is -0.469 e. The number of nitrogens with zero attached hydrogens (tertiary/aromatic N) is 4. The number of rotatable bonds is 2. The summed E-state index contributed by atoms with van der Waals surface area (Å²) in [6.07, 6.45) is 4.05. The second-order valence-electron chi connectivity index (χ2n) is 5.43. The van der Waals surface area contributed by atoms with Crippen molar-refractivity contribution in [2.45, 2.75) is 11.2 Å². The van der Waals surface area contributed by atoms with E-state index < -0.39 is 0 Å². The van der Waals surface area contributed by atoms with Crippen molar-refractivity contribution in [1.82, 2.24) is 19.9 Å². The fraction of sp³-hybridized carbons (Fsp3) is 0.538. The Morgan fingerprint density at radius 1 is 1.48 bits per heavy atom. The molecule has 2 aliphatic heterocycles. The van der Waals surface area contributed by atoms with Gasteiger partial charge in [0.25, 0.3) is 0 Å². The number of esters is 1. The highest BCUT2D eigenvalue weighted by Gasteiger charge is 2.56. The van der Waals surface area contributed by atoms with Gasteiger partial charge in [0.15, 0.2) is 11.5 Å². The molecule has 2 aromatic heterocycles. The van der Waals surface area contributed by atoms with Gasteiger partial charge in [-0.15, -0.1) is 0 Å². The lowest BCUT2D eigenvalue weighted by molar-refractivity contribution is -0.146. The highest BCUT2D eigenvalue weighted by molar-refractivity contribution is 8.01. The zero-order valence-corrected chi connectivity index (χ0v) is 12.4. The summed E-state index contributed by atoms with van der Waals surface area (Å²) in [5.74, 6) is 1.77. The number of fused-ring (bicyclic) bond motifs is 1. The lowest BCUT2D eigenvalue weighted by Gasteiger charge is -2.50. The summed E-state index contributed by atoms with van der Waals surface area (Å²) in [6.45, 7) is 1.62. The molecule has 1 unspecified atom stereocenters. The first-order valence-electron chi connectivity index (χ1n) is 6.84. The van der Waals surface area contributed by atoms with E-state index in [1.165, 1.54) is 13.4 Å². The van der Waals surface area contributed by atoms with Gasteiger partial charge in [0.2, 0.25) is 0 Å². The Morgan fingerprint density at radius 2 is 2.33 bits per heavy atom. The van der Waals surface area contributed by atoms with Crippen molar-refractivity contribution >= 4 is 34.7 Å².